The summed E-state index contributed by atoms with van der Waals surface area (Å²) in [5.41, 5.74) is 5.53. The first-order valence-corrected chi connectivity index (χ1v) is 11.0. The number of nitrogens with one attached hydrogen (secondary N) is 2. The average Bonchev–Trinajstić information content (AvgIpc) is 2.78. The van der Waals surface area contributed by atoms with E-state index in [0.717, 1.165) is 10.6 Å². The number of hydrogen-bond donors (Lipinski definition) is 2. The number of fused-ring (bicyclic) bond motifs is 1. The lowest BCUT2D eigenvalue weighted by Crippen LogP contribution is -2.48. The smallest absolute Gasteiger partial charge is 0.279 e. The summed E-state index contributed by atoms with van der Waals surface area (Å²) in [4.78, 5) is 39.2. The molecule has 1 atom stereocenters. The fourth-order valence-electron chi connectivity index (χ4n) is 2.95. The van der Waals surface area contributed by atoms with E-state index < -0.39 is 17.9 Å². The van der Waals surface area contributed by atoms with Crippen LogP contribution < -0.4 is 25.2 Å². The molecule has 0 aromatic heterocycles. The molecule has 3 rings (SSSR count). The Bertz CT molecular complexity index is 935. The van der Waals surface area contributed by atoms with E-state index in [1.807, 2.05) is 31.2 Å². The molecule has 2 N–H and O–H groups in total. The summed E-state index contributed by atoms with van der Waals surface area (Å²) >= 11 is 1.49. The maximum Gasteiger partial charge on any atom is 0.279 e. The Morgan fingerprint density at radius 1 is 1.10 bits per heavy atom. The summed E-state index contributed by atoms with van der Waals surface area (Å²) in [7, 11) is 0. The molecule has 8 nitrogen and oxygen atoms in total. The van der Waals surface area contributed by atoms with E-state index in [0.29, 0.717) is 23.9 Å². The lowest BCUT2D eigenvalue weighted by Gasteiger charge is -2.28. The highest BCUT2D eigenvalue weighted by Crippen LogP contribution is 2.34. The minimum Gasteiger partial charge on any atom is -0.494 e. The quantitative estimate of drug-likeness (QED) is 0.609. The van der Waals surface area contributed by atoms with Crippen molar-refractivity contribution in [1.82, 2.24) is 10.9 Å². The summed E-state index contributed by atoms with van der Waals surface area (Å²) in [6.45, 7) is 4.28. The van der Waals surface area contributed by atoms with E-state index in [4.69, 9.17) is 9.47 Å². The number of anilines is 1. The van der Waals surface area contributed by atoms with Crippen LogP contribution in [-0.2, 0) is 14.4 Å². The number of carbonyl (C=O) groups is 3. The van der Waals surface area contributed by atoms with Crippen LogP contribution in [0.25, 0.3) is 0 Å². The first-order valence-electron chi connectivity index (χ1n) is 9.98. The van der Waals surface area contributed by atoms with Gasteiger partial charge in [0.2, 0.25) is 11.8 Å². The number of thioether (sulfide) groups is 1. The van der Waals surface area contributed by atoms with Crippen molar-refractivity contribution < 1.29 is 23.9 Å². The maximum atomic E-state index is 12.2. The summed E-state index contributed by atoms with van der Waals surface area (Å²) < 4.78 is 10.9. The highest BCUT2D eigenvalue weighted by molar-refractivity contribution is 8.00. The van der Waals surface area contributed by atoms with Gasteiger partial charge < -0.3 is 14.4 Å². The molecule has 164 valence electrons. The molecule has 2 aromatic rings. The normalized spacial score (nSPS) is 13.7. The molecule has 31 heavy (non-hydrogen) atoms. The molecule has 1 aliphatic rings. The van der Waals surface area contributed by atoms with Crippen molar-refractivity contribution in [3.63, 3.8) is 0 Å². The standard InChI is InChI=1S/C22H25N3O5S/c1-3-29-16-8-10-17(11-9-16)30-15(2)22(28)24-23-20(26)12-13-25-18-6-4-5-7-19(18)31-14-21(25)27/h4-11,15H,3,12-14H2,1-2H3,(H,23,26)(H,24,28). The number of hydrogen-bond acceptors (Lipinski definition) is 6. The van der Waals surface area contributed by atoms with Crippen molar-refractivity contribution in [2.24, 2.45) is 0 Å². The molecular weight excluding hydrogens is 418 g/mol. The van der Waals surface area contributed by atoms with Gasteiger partial charge in [-0.1, -0.05) is 12.1 Å². The minimum absolute atomic E-state index is 0.0436. The average molecular weight is 444 g/mol. The van der Waals surface area contributed by atoms with Crippen LogP contribution in [0, 0.1) is 0 Å². The number of rotatable bonds is 8. The molecule has 9 heteroatoms. The third kappa shape index (κ3) is 6.14. The van der Waals surface area contributed by atoms with Gasteiger partial charge in [-0.05, 0) is 50.2 Å². The number of amides is 3. The summed E-state index contributed by atoms with van der Waals surface area (Å²) in [6, 6.07) is 14.5. The zero-order chi connectivity index (χ0) is 22.2. The van der Waals surface area contributed by atoms with E-state index in [1.165, 1.54) is 11.8 Å². The zero-order valence-corrected chi connectivity index (χ0v) is 18.2. The monoisotopic (exact) mass is 443 g/mol. The van der Waals surface area contributed by atoms with Crippen LogP contribution in [0.2, 0.25) is 0 Å². The molecule has 0 aliphatic carbocycles. The molecule has 0 bridgehead atoms. The predicted molar refractivity (Wildman–Crippen MR) is 118 cm³/mol. The minimum atomic E-state index is -0.814. The van der Waals surface area contributed by atoms with Gasteiger partial charge in [-0.3, -0.25) is 25.2 Å². The number of para-hydroxylation sites is 1. The second-order valence-electron chi connectivity index (χ2n) is 6.75. The van der Waals surface area contributed by atoms with Gasteiger partial charge in [0.1, 0.15) is 11.5 Å². The van der Waals surface area contributed by atoms with Crippen LogP contribution in [-0.4, -0.2) is 42.7 Å². The molecule has 0 saturated heterocycles. The molecule has 1 unspecified atom stereocenters. The van der Waals surface area contributed by atoms with Crippen LogP contribution in [0.15, 0.2) is 53.4 Å². The van der Waals surface area contributed by atoms with Crippen molar-refractivity contribution in [3.8, 4) is 11.5 Å². The van der Waals surface area contributed by atoms with Crippen molar-refractivity contribution in [2.75, 3.05) is 23.8 Å². The molecule has 2 aromatic carbocycles. The Kier molecular flexibility index (Phi) is 7.77. The Morgan fingerprint density at radius 2 is 1.81 bits per heavy atom. The van der Waals surface area contributed by atoms with E-state index >= 15 is 0 Å². The predicted octanol–water partition coefficient (Wildman–Crippen LogP) is 2.53. The first-order chi connectivity index (χ1) is 15.0. The van der Waals surface area contributed by atoms with Gasteiger partial charge in [0.15, 0.2) is 6.10 Å². The summed E-state index contributed by atoms with van der Waals surface area (Å²) in [6.07, 6.45) is -0.759. The summed E-state index contributed by atoms with van der Waals surface area (Å²) in [5.74, 6) is 0.640. The number of nitrogens with zero attached hydrogens (tertiary/aromatic N) is 1. The number of benzene rings is 2. The Morgan fingerprint density at radius 3 is 2.55 bits per heavy atom. The third-order valence-corrected chi connectivity index (χ3v) is 5.56. The molecule has 0 spiro atoms. The largest absolute Gasteiger partial charge is 0.494 e. The Labute approximate surface area is 185 Å². The highest BCUT2D eigenvalue weighted by atomic mass is 32.2. The van der Waals surface area contributed by atoms with E-state index in [1.54, 1.807) is 36.1 Å². The van der Waals surface area contributed by atoms with Crippen molar-refractivity contribution in [1.29, 1.82) is 0 Å². The fraction of sp³-hybridized carbons (Fsp3) is 0.318. The van der Waals surface area contributed by atoms with Crippen LogP contribution in [0.3, 0.4) is 0 Å². The first kappa shape index (κ1) is 22.5. The van der Waals surface area contributed by atoms with E-state index in [9.17, 15) is 14.4 Å². The van der Waals surface area contributed by atoms with Crippen molar-refractivity contribution >= 4 is 35.2 Å². The second-order valence-corrected chi connectivity index (χ2v) is 7.77. The molecular formula is C22H25N3O5S. The summed E-state index contributed by atoms with van der Waals surface area (Å²) in [5, 5.41) is 0. The number of hydrazine groups is 1. The molecule has 3 amide bonds. The van der Waals surface area contributed by atoms with Crippen molar-refractivity contribution in [2.45, 2.75) is 31.3 Å². The SMILES string of the molecule is CCOc1ccc(OC(C)C(=O)NNC(=O)CCN2C(=O)CSc3ccccc32)cc1. The van der Waals surface area contributed by atoms with Crippen LogP contribution in [0.1, 0.15) is 20.3 Å². The Hall–Kier alpha value is -3.20. The van der Waals surface area contributed by atoms with Gasteiger partial charge >= 0.3 is 0 Å². The van der Waals surface area contributed by atoms with Gasteiger partial charge in [-0.2, -0.15) is 0 Å². The lowest BCUT2D eigenvalue weighted by atomic mass is 10.2. The van der Waals surface area contributed by atoms with E-state index in [2.05, 4.69) is 10.9 Å². The number of ether oxygens (including phenoxy) is 2. The van der Waals surface area contributed by atoms with Crippen LogP contribution >= 0.6 is 11.8 Å². The molecule has 1 aliphatic heterocycles. The van der Waals surface area contributed by atoms with Gasteiger partial charge in [0, 0.05) is 17.9 Å². The maximum absolute atomic E-state index is 12.2. The van der Waals surface area contributed by atoms with Gasteiger partial charge in [-0.25, -0.2) is 0 Å². The van der Waals surface area contributed by atoms with Gasteiger partial charge in [-0.15, -0.1) is 11.8 Å². The van der Waals surface area contributed by atoms with Crippen molar-refractivity contribution in [3.05, 3.63) is 48.5 Å². The fourth-order valence-corrected chi connectivity index (χ4v) is 3.88. The topological polar surface area (TPSA) is 97.0 Å². The Balaban J connectivity index is 1.44. The zero-order valence-electron chi connectivity index (χ0n) is 17.4. The molecule has 0 fully saturated rings. The highest BCUT2D eigenvalue weighted by Gasteiger charge is 2.24. The van der Waals surface area contributed by atoms with Crippen LogP contribution in [0.4, 0.5) is 5.69 Å². The number of carbonyl (C=O) groups excluding carboxylic acids is 3. The van der Waals surface area contributed by atoms with Gasteiger partial charge in [0.05, 0.1) is 18.0 Å². The van der Waals surface area contributed by atoms with E-state index in [-0.39, 0.29) is 18.9 Å². The van der Waals surface area contributed by atoms with Crippen LogP contribution in [0.5, 0.6) is 11.5 Å². The second kappa shape index (κ2) is 10.7. The lowest BCUT2D eigenvalue weighted by molar-refractivity contribution is -0.132. The molecule has 0 saturated carbocycles. The van der Waals surface area contributed by atoms with Gasteiger partial charge in [0.25, 0.3) is 5.91 Å². The third-order valence-electron chi connectivity index (χ3n) is 4.51. The molecule has 1 heterocycles. The molecule has 0 radical (unpaired) electrons.